The van der Waals surface area contributed by atoms with Gasteiger partial charge in [-0.25, -0.2) is 0 Å². The fourth-order valence-electron chi connectivity index (χ4n) is 3.97. The predicted molar refractivity (Wildman–Crippen MR) is 96.9 cm³/mol. The second-order valence-corrected chi connectivity index (χ2v) is 6.77. The van der Waals surface area contributed by atoms with Crippen molar-refractivity contribution in [1.29, 1.82) is 0 Å². The van der Waals surface area contributed by atoms with E-state index in [-0.39, 0.29) is 17.7 Å². The molecule has 2 bridgehead atoms. The molecular formula is C21H19NO4. The normalized spacial score (nSPS) is 25.8. The average molecular weight is 349 g/mol. The highest BCUT2D eigenvalue weighted by atomic mass is 16.5. The second-order valence-electron chi connectivity index (χ2n) is 6.77. The molecule has 2 aliphatic rings. The lowest BCUT2D eigenvalue weighted by molar-refractivity contribution is -0.146. The molecule has 4 rings (SSSR count). The fraction of sp³-hybridized carbons (Fsp3) is 0.238. The number of ether oxygens (including phenoxy) is 1. The van der Waals surface area contributed by atoms with Crippen molar-refractivity contribution in [3.63, 3.8) is 0 Å². The Morgan fingerprint density at radius 2 is 1.50 bits per heavy atom. The Hall–Kier alpha value is -3.08. The zero-order valence-electron chi connectivity index (χ0n) is 14.0. The van der Waals surface area contributed by atoms with E-state index in [2.05, 4.69) is 5.32 Å². The summed E-state index contributed by atoms with van der Waals surface area (Å²) in [5, 5.41) is 12.3. The van der Waals surface area contributed by atoms with Gasteiger partial charge in [-0.05, 0) is 54.7 Å². The first-order chi connectivity index (χ1) is 12.6. The Morgan fingerprint density at radius 1 is 0.885 bits per heavy atom. The lowest BCUT2D eigenvalue weighted by Gasteiger charge is -2.23. The molecule has 5 heteroatoms. The van der Waals surface area contributed by atoms with Crippen molar-refractivity contribution < 1.29 is 19.4 Å². The van der Waals surface area contributed by atoms with E-state index in [4.69, 9.17) is 4.74 Å². The molecule has 0 aromatic heterocycles. The van der Waals surface area contributed by atoms with Crippen molar-refractivity contribution in [3.05, 3.63) is 66.7 Å². The molecule has 2 aromatic carbocycles. The molecule has 0 saturated heterocycles. The first kappa shape index (κ1) is 16.4. The molecule has 2 aromatic rings. The lowest BCUT2D eigenvalue weighted by Crippen LogP contribution is -2.36. The maximum atomic E-state index is 12.7. The van der Waals surface area contributed by atoms with Gasteiger partial charge in [0.15, 0.2) is 0 Å². The molecule has 2 N–H and O–H groups in total. The molecule has 1 saturated carbocycles. The lowest BCUT2D eigenvalue weighted by atomic mass is 9.82. The molecule has 2 aliphatic carbocycles. The van der Waals surface area contributed by atoms with Crippen LogP contribution >= 0.6 is 0 Å². The Balaban J connectivity index is 1.43. The number of carboxylic acid groups (broad SMARTS) is 1. The van der Waals surface area contributed by atoms with Crippen LogP contribution in [0, 0.1) is 23.7 Å². The number of para-hydroxylation sites is 1. The molecule has 0 aliphatic heterocycles. The number of amides is 1. The van der Waals surface area contributed by atoms with E-state index >= 15 is 0 Å². The highest BCUT2D eigenvalue weighted by Gasteiger charge is 2.51. The third-order valence-corrected chi connectivity index (χ3v) is 5.15. The molecule has 0 unspecified atom stereocenters. The number of carbonyl (C=O) groups is 2. The number of allylic oxidation sites excluding steroid dienone is 2. The number of hydrogen-bond acceptors (Lipinski definition) is 3. The number of nitrogens with one attached hydrogen (secondary N) is 1. The van der Waals surface area contributed by atoms with Gasteiger partial charge in [0.25, 0.3) is 0 Å². The minimum atomic E-state index is -0.895. The topological polar surface area (TPSA) is 75.6 Å². The van der Waals surface area contributed by atoms with Crippen LogP contribution in [0.4, 0.5) is 5.69 Å². The molecule has 1 amide bonds. The maximum Gasteiger partial charge on any atom is 0.307 e. The minimum Gasteiger partial charge on any atom is -0.481 e. The van der Waals surface area contributed by atoms with Crippen LogP contribution in [0.25, 0.3) is 0 Å². The summed E-state index contributed by atoms with van der Waals surface area (Å²) in [6.45, 7) is 0. The van der Waals surface area contributed by atoms with Crippen molar-refractivity contribution in [2.24, 2.45) is 23.7 Å². The number of carbonyl (C=O) groups excluding carboxylic acids is 1. The van der Waals surface area contributed by atoms with Crippen LogP contribution in [0.2, 0.25) is 0 Å². The summed E-state index contributed by atoms with van der Waals surface area (Å²) in [7, 11) is 0. The number of fused-ring (bicyclic) bond motifs is 2. The fourth-order valence-corrected chi connectivity index (χ4v) is 3.97. The van der Waals surface area contributed by atoms with Crippen LogP contribution in [0.1, 0.15) is 6.42 Å². The van der Waals surface area contributed by atoms with Crippen LogP contribution in [0.3, 0.4) is 0 Å². The average Bonchev–Trinajstić information content (AvgIpc) is 3.25. The molecule has 4 atom stereocenters. The van der Waals surface area contributed by atoms with Crippen molar-refractivity contribution >= 4 is 17.6 Å². The van der Waals surface area contributed by atoms with Crippen molar-refractivity contribution in [3.8, 4) is 11.5 Å². The quantitative estimate of drug-likeness (QED) is 0.802. The van der Waals surface area contributed by atoms with Gasteiger partial charge < -0.3 is 15.2 Å². The van der Waals surface area contributed by atoms with Gasteiger partial charge in [0.1, 0.15) is 11.5 Å². The van der Waals surface area contributed by atoms with Gasteiger partial charge >= 0.3 is 5.97 Å². The summed E-state index contributed by atoms with van der Waals surface area (Å²) in [5.74, 6) is -0.882. The van der Waals surface area contributed by atoms with Gasteiger partial charge in [-0.3, -0.25) is 9.59 Å². The Morgan fingerprint density at radius 3 is 2.15 bits per heavy atom. The van der Waals surface area contributed by atoms with Gasteiger partial charge in [0.2, 0.25) is 5.91 Å². The third-order valence-electron chi connectivity index (χ3n) is 5.15. The van der Waals surface area contributed by atoms with Crippen molar-refractivity contribution in [2.45, 2.75) is 6.42 Å². The number of rotatable bonds is 5. The Labute approximate surface area is 151 Å². The third kappa shape index (κ3) is 3.08. The summed E-state index contributed by atoms with van der Waals surface area (Å²) >= 11 is 0. The van der Waals surface area contributed by atoms with E-state index in [0.717, 1.165) is 12.2 Å². The SMILES string of the molecule is O=C(O)[C@@H]1[C@H](C(=O)Nc2ccc(Oc3ccccc3)cc2)[C@H]2C=C[C@H]1C2. The van der Waals surface area contributed by atoms with Crippen LogP contribution in [-0.2, 0) is 9.59 Å². The second kappa shape index (κ2) is 6.67. The van der Waals surface area contributed by atoms with Crippen LogP contribution in [0.5, 0.6) is 11.5 Å². The molecular weight excluding hydrogens is 330 g/mol. The minimum absolute atomic E-state index is 0.0155. The monoisotopic (exact) mass is 349 g/mol. The van der Waals surface area contributed by atoms with Gasteiger partial charge in [0.05, 0.1) is 11.8 Å². The van der Waals surface area contributed by atoms with Crippen molar-refractivity contribution in [1.82, 2.24) is 0 Å². The number of hydrogen-bond donors (Lipinski definition) is 2. The van der Waals surface area contributed by atoms with Gasteiger partial charge in [-0.15, -0.1) is 0 Å². The molecule has 0 heterocycles. The van der Waals surface area contributed by atoms with E-state index in [0.29, 0.717) is 11.4 Å². The molecule has 132 valence electrons. The van der Waals surface area contributed by atoms with E-state index < -0.39 is 17.8 Å². The zero-order valence-corrected chi connectivity index (χ0v) is 14.0. The molecule has 1 fully saturated rings. The number of carboxylic acids is 1. The van der Waals surface area contributed by atoms with Crippen LogP contribution < -0.4 is 10.1 Å². The highest BCUT2D eigenvalue weighted by Crippen LogP contribution is 2.48. The molecule has 26 heavy (non-hydrogen) atoms. The van der Waals surface area contributed by atoms with Crippen LogP contribution in [-0.4, -0.2) is 17.0 Å². The van der Waals surface area contributed by atoms with Crippen molar-refractivity contribution in [2.75, 3.05) is 5.32 Å². The maximum absolute atomic E-state index is 12.7. The zero-order chi connectivity index (χ0) is 18.1. The van der Waals surface area contributed by atoms with Gasteiger partial charge in [-0.1, -0.05) is 30.4 Å². The standard InChI is InChI=1S/C21H19NO4/c23-20(18-13-6-7-14(12-13)19(18)21(24)25)22-15-8-10-17(11-9-15)26-16-4-2-1-3-5-16/h1-11,13-14,18-19H,12H2,(H,22,23)(H,24,25)/t13-,14-,18+,19-/m0/s1. The summed E-state index contributed by atoms with van der Waals surface area (Å²) in [5.41, 5.74) is 0.631. The van der Waals surface area contributed by atoms with E-state index in [1.54, 1.807) is 24.3 Å². The molecule has 5 nitrogen and oxygen atoms in total. The Bertz CT molecular complexity index is 844. The largest absolute Gasteiger partial charge is 0.481 e. The number of aliphatic carboxylic acids is 1. The van der Waals surface area contributed by atoms with E-state index in [9.17, 15) is 14.7 Å². The van der Waals surface area contributed by atoms with Gasteiger partial charge in [-0.2, -0.15) is 0 Å². The summed E-state index contributed by atoms with van der Waals surface area (Å²) < 4.78 is 5.73. The molecule has 0 spiro atoms. The summed E-state index contributed by atoms with van der Waals surface area (Å²) in [4.78, 5) is 24.2. The Kier molecular flexibility index (Phi) is 4.21. The first-order valence-corrected chi connectivity index (χ1v) is 8.67. The van der Waals surface area contributed by atoms with E-state index in [1.807, 2.05) is 42.5 Å². The van der Waals surface area contributed by atoms with Gasteiger partial charge in [0, 0.05) is 5.69 Å². The first-order valence-electron chi connectivity index (χ1n) is 8.67. The van der Waals surface area contributed by atoms with Crippen LogP contribution in [0.15, 0.2) is 66.7 Å². The molecule has 0 radical (unpaired) electrons. The predicted octanol–water partition coefficient (Wildman–Crippen LogP) is 3.94. The number of benzene rings is 2. The number of anilines is 1. The summed E-state index contributed by atoms with van der Waals surface area (Å²) in [6.07, 6.45) is 4.66. The smallest absolute Gasteiger partial charge is 0.307 e. The highest BCUT2D eigenvalue weighted by molar-refractivity contribution is 5.96. The summed E-state index contributed by atoms with van der Waals surface area (Å²) in [6, 6.07) is 16.5. The van der Waals surface area contributed by atoms with E-state index in [1.165, 1.54) is 0 Å².